The zero-order valence-electron chi connectivity index (χ0n) is 20.0. The Labute approximate surface area is 193 Å². The molecule has 0 unspecified atom stereocenters. The first-order valence-corrected chi connectivity index (χ1v) is 12.6. The van der Waals surface area contributed by atoms with Crippen LogP contribution < -0.4 is 0 Å². The molecule has 4 rings (SSSR count). The van der Waals surface area contributed by atoms with Gasteiger partial charge in [-0.05, 0) is 62.7 Å². The first kappa shape index (κ1) is 23.2. The highest BCUT2D eigenvalue weighted by molar-refractivity contribution is 5.80. The van der Waals surface area contributed by atoms with Crippen molar-refractivity contribution in [2.75, 3.05) is 58.9 Å². The number of likely N-dealkylation sites (tertiary alicyclic amines) is 2. The first-order chi connectivity index (χ1) is 15.5. The Balaban J connectivity index is 1.16. The molecule has 3 fully saturated rings. The highest BCUT2D eigenvalue weighted by Gasteiger charge is 2.31. The largest absolute Gasteiger partial charge is 0.342 e. The summed E-state index contributed by atoms with van der Waals surface area (Å²) in [5.41, 5.74) is 2.71. The van der Waals surface area contributed by atoms with Gasteiger partial charge in [-0.1, -0.05) is 31.2 Å². The molecule has 0 aliphatic carbocycles. The number of aryl methyl sites for hydroxylation is 1. The number of amides is 2. The Hall–Kier alpha value is -1.92. The van der Waals surface area contributed by atoms with E-state index in [4.69, 9.17) is 0 Å². The molecule has 176 valence electrons. The van der Waals surface area contributed by atoms with Crippen LogP contribution in [0.25, 0.3) is 0 Å². The normalized spacial score (nSPS) is 22.3. The second-order valence-electron chi connectivity index (χ2n) is 10.1. The molecule has 6 nitrogen and oxygen atoms in total. The molecule has 0 aromatic heterocycles. The van der Waals surface area contributed by atoms with Crippen LogP contribution in [-0.4, -0.2) is 90.3 Å². The lowest BCUT2D eigenvalue weighted by Gasteiger charge is -2.38. The minimum absolute atomic E-state index is 0.153. The van der Waals surface area contributed by atoms with Gasteiger partial charge in [0.15, 0.2) is 0 Å². The number of rotatable bonds is 5. The predicted molar refractivity (Wildman–Crippen MR) is 127 cm³/mol. The predicted octanol–water partition coefficient (Wildman–Crippen LogP) is 2.61. The molecule has 32 heavy (non-hydrogen) atoms. The third-order valence-electron chi connectivity index (χ3n) is 7.77. The quantitative estimate of drug-likeness (QED) is 0.706. The Morgan fingerprint density at radius 3 is 2.12 bits per heavy atom. The van der Waals surface area contributed by atoms with Crippen LogP contribution in [0.1, 0.15) is 43.7 Å². The average molecular weight is 441 g/mol. The van der Waals surface area contributed by atoms with Gasteiger partial charge in [-0.3, -0.25) is 19.4 Å². The molecule has 6 heteroatoms. The zero-order valence-corrected chi connectivity index (χ0v) is 20.0. The summed E-state index contributed by atoms with van der Waals surface area (Å²) in [6.45, 7) is 13.0. The maximum atomic E-state index is 12.9. The van der Waals surface area contributed by atoms with Gasteiger partial charge in [0.2, 0.25) is 11.8 Å². The SMILES string of the molecule is Cc1ccccc1CN1CCN(C(=O)CN2CCC(C(=O)N3CCC(C)CC3)CC2)CC1. The van der Waals surface area contributed by atoms with Crippen LogP contribution in [-0.2, 0) is 16.1 Å². The molecule has 0 radical (unpaired) electrons. The smallest absolute Gasteiger partial charge is 0.236 e. The van der Waals surface area contributed by atoms with Crippen molar-refractivity contribution in [3.63, 3.8) is 0 Å². The molecule has 0 atom stereocenters. The van der Waals surface area contributed by atoms with Gasteiger partial charge in [-0.2, -0.15) is 0 Å². The maximum absolute atomic E-state index is 12.9. The topological polar surface area (TPSA) is 47.1 Å². The fourth-order valence-electron chi connectivity index (χ4n) is 5.30. The Morgan fingerprint density at radius 1 is 0.812 bits per heavy atom. The molecule has 0 saturated carbocycles. The van der Waals surface area contributed by atoms with E-state index in [1.54, 1.807) is 0 Å². The maximum Gasteiger partial charge on any atom is 0.236 e. The third kappa shape index (κ3) is 5.90. The number of carbonyl (C=O) groups excluding carboxylic acids is 2. The highest BCUT2D eigenvalue weighted by Crippen LogP contribution is 2.23. The lowest BCUT2D eigenvalue weighted by Crippen LogP contribution is -2.52. The first-order valence-electron chi connectivity index (χ1n) is 12.6. The van der Waals surface area contributed by atoms with Gasteiger partial charge in [-0.15, -0.1) is 0 Å². The molecule has 3 saturated heterocycles. The van der Waals surface area contributed by atoms with Crippen molar-refractivity contribution in [1.82, 2.24) is 19.6 Å². The van der Waals surface area contributed by atoms with E-state index in [0.29, 0.717) is 12.5 Å². The van der Waals surface area contributed by atoms with Crippen molar-refractivity contribution in [3.05, 3.63) is 35.4 Å². The van der Waals surface area contributed by atoms with Gasteiger partial charge in [-0.25, -0.2) is 0 Å². The molecule has 3 aliphatic rings. The number of nitrogens with zero attached hydrogens (tertiary/aromatic N) is 4. The summed E-state index contributed by atoms with van der Waals surface area (Å²) >= 11 is 0. The molecule has 0 bridgehead atoms. The van der Waals surface area contributed by atoms with Crippen molar-refractivity contribution < 1.29 is 9.59 Å². The minimum atomic E-state index is 0.153. The fraction of sp³-hybridized carbons (Fsp3) is 0.692. The van der Waals surface area contributed by atoms with E-state index >= 15 is 0 Å². The molecular weight excluding hydrogens is 400 g/mol. The van der Waals surface area contributed by atoms with Crippen LogP contribution in [0.15, 0.2) is 24.3 Å². The Kier molecular flexibility index (Phi) is 7.84. The standard InChI is InChI=1S/C26H40N4O2/c1-21-7-13-30(14-8-21)26(32)23-9-11-27(12-10-23)20-25(31)29-17-15-28(16-18-29)19-24-6-4-3-5-22(24)2/h3-6,21,23H,7-20H2,1-2H3. The van der Waals surface area contributed by atoms with Crippen LogP contribution >= 0.6 is 0 Å². The summed E-state index contributed by atoms with van der Waals surface area (Å²) in [5, 5.41) is 0. The molecule has 1 aromatic carbocycles. The second kappa shape index (κ2) is 10.8. The average Bonchev–Trinajstić information content (AvgIpc) is 2.81. The zero-order chi connectivity index (χ0) is 22.5. The van der Waals surface area contributed by atoms with E-state index in [-0.39, 0.29) is 11.8 Å². The van der Waals surface area contributed by atoms with Gasteiger partial charge < -0.3 is 9.80 Å². The summed E-state index contributed by atoms with van der Waals surface area (Å²) in [6.07, 6.45) is 4.05. The molecule has 3 heterocycles. The number of piperazine rings is 1. The molecule has 2 amide bonds. The van der Waals surface area contributed by atoms with Gasteiger partial charge in [0.05, 0.1) is 6.54 Å². The molecule has 0 spiro atoms. The second-order valence-corrected chi connectivity index (χ2v) is 10.1. The van der Waals surface area contributed by atoms with Crippen molar-refractivity contribution in [1.29, 1.82) is 0 Å². The molecule has 0 N–H and O–H groups in total. The lowest BCUT2D eigenvalue weighted by atomic mass is 9.92. The number of piperidine rings is 2. The van der Waals surface area contributed by atoms with Crippen molar-refractivity contribution in [2.45, 2.75) is 46.1 Å². The van der Waals surface area contributed by atoms with Crippen LogP contribution in [0.4, 0.5) is 0 Å². The van der Waals surface area contributed by atoms with Gasteiger partial charge in [0, 0.05) is 51.7 Å². The Morgan fingerprint density at radius 2 is 1.47 bits per heavy atom. The summed E-state index contributed by atoms with van der Waals surface area (Å²) in [7, 11) is 0. The van der Waals surface area contributed by atoms with Crippen molar-refractivity contribution in [3.8, 4) is 0 Å². The minimum Gasteiger partial charge on any atom is -0.342 e. The van der Waals surface area contributed by atoms with Gasteiger partial charge in [0.25, 0.3) is 0 Å². The van der Waals surface area contributed by atoms with E-state index < -0.39 is 0 Å². The molecule has 1 aromatic rings. The third-order valence-corrected chi connectivity index (χ3v) is 7.77. The number of benzene rings is 1. The van der Waals surface area contributed by atoms with E-state index in [0.717, 1.165) is 90.5 Å². The van der Waals surface area contributed by atoms with Crippen LogP contribution in [0.3, 0.4) is 0 Å². The summed E-state index contributed by atoms with van der Waals surface area (Å²) in [4.78, 5) is 34.5. The fourth-order valence-corrected chi connectivity index (χ4v) is 5.30. The number of hydrogen-bond donors (Lipinski definition) is 0. The van der Waals surface area contributed by atoms with Crippen LogP contribution in [0, 0.1) is 18.8 Å². The molecular formula is C26H40N4O2. The van der Waals surface area contributed by atoms with Gasteiger partial charge >= 0.3 is 0 Å². The summed E-state index contributed by atoms with van der Waals surface area (Å²) in [6, 6.07) is 8.56. The van der Waals surface area contributed by atoms with Crippen molar-refractivity contribution >= 4 is 11.8 Å². The van der Waals surface area contributed by atoms with Crippen LogP contribution in [0.5, 0.6) is 0 Å². The Bertz CT molecular complexity index is 774. The highest BCUT2D eigenvalue weighted by atomic mass is 16.2. The van der Waals surface area contributed by atoms with E-state index in [1.165, 1.54) is 11.1 Å². The number of carbonyl (C=O) groups is 2. The van der Waals surface area contributed by atoms with E-state index in [1.807, 2.05) is 4.90 Å². The summed E-state index contributed by atoms with van der Waals surface area (Å²) in [5.74, 6) is 1.50. The van der Waals surface area contributed by atoms with Crippen molar-refractivity contribution in [2.24, 2.45) is 11.8 Å². The van der Waals surface area contributed by atoms with E-state index in [2.05, 4.69) is 52.8 Å². The summed E-state index contributed by atoms with van der Waals surface area (Å²) < 4.78 is 0. The van der Waals surface area contributed by atoms with E-state index in [9.17, 15) is 9.59 Å². The van der Waals surface area contributed by atoms with Gasteiger partial charge in [0.1, 0.15) is 0 Å². The monoisotopic (exact) mass is 440 g/mol. The number of hydrogen-bond acceptors (Lipinski definition) is 4. The lowest BCUT2D eigenvalue weighted by molar-refractivity contribution is -0.139. The molecule has 3 aliphatic heterocycles. The van der Waals surface area contributed by atoms with Crippen LogP contribution in [0.2, 0.25) is 0 Å².